The van der Waals surface area contributed by atoms with Gasteiger partial charge in [0.25, 0.3) is 0 Å². The first kappa shape index (κ1) is 15.3. The topological polar surface area (TPSA) is 29.0 Å². The lowest BCUT2D eigenvalue weighted by atomic mass is 9.95. The number of anilines is 1. The van der Waals surface area contributed by atoms with E-state index < -0.39 is 0 Å². The molecule has 0 N–H and O–H groups in total. The maximum Gasteiger partial charge on any atom is 0.137 e. The summed E-state index contributed by atoms with van der Waals surface area (Å²) in [4.78, 5) is 12.6. The van der Waals surface area contributed by atoms with Crippen molar-refractivity contribution in [1.29, 1.82) is 0 Å². The van der Waals surface area contributed by atoms with Gasteiger partial charge in [0.1, 0.15) is 16.8 Å². The standard InChI is InChI=1S/C15H20ClN3S/c1-10-12(16)17-14(15(2,3)4)18-13(10)19(5)9-11-7-6-8-20-11/h6-8H,9H2,1-5H3. The van der Waals surface area contributed by atoms with Gasteiger partial charge in [0, 0.05) is 22.9 Å². The van der Waals surface area contributed by atoms with Crippen molar-refractivity contribution in [3.63, 3.8) is 0 Å². The molecule has 2 aromatic rings. The minimum absolute atomic E-state index is 0.115. The van der Waals surface area contributed by atoms with Crippen LogP contribution in [0.1, 0.15) is 37.0 Å². The smallest absolute Gasteiger partial charge is 0.137 e. The Kier molecular flexibility index (Phi) is 4.35. The molecule has 0 spiro atoms. The van der Waals surface area contributed by atoms with Gasteiger partial charge in [0.05, 0.1) is 6.54 Å². The van der Waals surface area contributed by atoms with Crippen LogP contribution in [0.5, 0.6) is 0 Å². The van der Waals surface area contributed by atoms with Crippen LogP contribution < -0.4 is 4.90 Å². The van der Waals surface area contributed by atoms with E-state index >= 15 is 0 Å². The second-order valence-corrected chi connectivity index (χ2v) is 7.36. The Morgan fingerprint density at radius 1 is 1.30 bits per heavy atom. The van der Waals surface area contributed by atoms with Crippen LogP contribution in [0.3, 0.4) is 0 Å². The van der Waals surface area contributed by atoms with E-state index in [1.165, 1.54) is 4.88 Å². The van der Waals surface area contributed by atoms with E-state index in [-0.39, 0.29) is 5.41 Å². The molecular weight excluding hydrogens is 290 g/mol. The first-order chi connectivity index (χ1) is 9.29. The van der Waals surface area contributed by atoms with Crippen LogP contribution in [0.15, 0.2) is 17.5 Å². The van der Waals surface area contributed by atoms with Crippen molar-refractivity contribution in [2.24, 2.45) is 0 Å². The molecule has 0 saturated carbocycles. The van der Waals surface area contributed by atoms with Gasteiger partial charge in [-0.05, 0) is 18.4 Å². The number of halogens is 1. The summed E-state index contributed by atoms with van der Waals surface area (Å²) < 4.78 is 0. The highest BCUT2D eigenvalue weighted by Crippen LogP contribution is 2.28. The first-order valence-corrected chi connectivity index (χ1v) is 7.83. The molecule has 0 fully saturated rings. The van der Waals surface area contributed by atoms with Crippen molar-refractivity contribution >= 4 is 28.8 Å². The monoisotopic (exact) mass is 309 g/mol. The number of thiophene rings is 1. The van der Waals surface area contributed by atoms with E-state index in [4.69, 9.17) is 16.6 Å². The Balaban J connectivity index is 2.37. The Morgan fingerprint density at radius 3 is 2.55 bits per heavy atom. The Bertz CT molecular complexity index is 588. The van der Waals surface area contributed by atoms with Crippen molar-refractivity contribution in [3.05, 3.63) is 38.9 Å². The van der Waals surface area contributed by atoms with E-state index in [1.807, 2.05) is 14.0 Å². The Labute approximate surface area is 129 Å². The summed E-state index contributed by atoms with van der Waals surface area (Å²) in [6.45, 7) is 9.08. The minimum Gasteiger partial charge on any atom is -0.354 e. The summed E-state index contributed by atoms with van der Waals surface area (Å²) in [6.07, 6.45) is 0. The summed E-state index contributed by atoms with van der Waals surface area (Å²) in [6, 6.07) is 4.19. The maximum absolute atomic E-state index is 6.28. The van der Waals surface area contributed by atoms with E-state index in [1.54, 1.807) is 11.3 Å². The number of rotatable bonds is 3. The molecule has 0 bridgehead atoms. The van der Waals surface area contributed by atoms with Crippen LogP contribution in [0.2, 0.25) is 5.15 Å². The number of hydrogen-bond donors (Lipinski definition) is 0. The molecule has 0 aliphatic rings. The van der Waals surface area contributed by atoms with Crippen LogP contribution in [0.4, 0.5) is 5.82 Å². The predicted octanol–water partition coefficient (Wildman–Crippen LogP) is 4.43. The lowest BCUT2D eigenvalue weighted by Crippen LogP contribution is -2.23. The van der Waals surface area contributed by atoms with Gasteiger partial charge in [0.2, 0.25) is 0 Å². The second kappa shape index (κ2) is 5.70. The molecule has 0 radical (unpaired) electrons. The lowest BCUT2D eigenvalue weighted by molar-refractivity contribution is 0.544. The lowest BCUT2D eigenvalue weighted by Gasteiger charge is -2.24. The molecule has 20 heavy (non-hydrogen) atoms. The summed E-state index contributed by atoms with van der Waals surface area (Å²) in [5, 5.41) is 2.63. The van der Waals surface area contributed by atoms with Crippen molar-refractivity contribution in [2.75, 3.05) is 11.9 Å². The van der Waals surface area contributed by atoms with Gasteiger partial charge >= 0.3 is 0 Å². The zero-order chi connectivity index (χ0) is 14.9. The SMILES string of the molecule is Cc1c(Cl)nc(C(C)(C)C)nc1N(C)Cc1cccs1. The second-order valence-electron chi connectivity index (χ2n) is 5.97. The van der Waals surface area contributed by atoms with Gasteiger partial charge in [-0.15, -0.1) is 11.3 Å². The summed E-state index contributed by atoms with van der Waals surface area (Å²) >= 11 is 8.02. The molecule has 0 saturated heterocycles. The van der Waals surface area contributed by atoms with E-state index in [0.717, 1.165) is 23.8 Å². The van der Waals surface area contributed by atoms with Crippen LogP contribution in [0, 0.1) is 6.92 Å². The molecule has 2 rings (SSSR count). The van der Waals surface area contributed by atoms with E-state index in [9.17, 15) is 0 Å². The van der Waals surface area contributed by atoms with Crippen molar-refractivity contribution in [3.8, 4) is 0 Å². The Morgan fingerprint density at radius 2 is 2.00 bits per heavy atom. The quantitative estimate of drug-likeness (QED) is 0.785. The van der Waals surface area contributed by atoms with Crippen LogP contribution in [-0.2, 0) is 12.0 Å². The molecule has 0 amide bonds. The number of aromatic nitrogens is 2. The molecule has 0 unspecified atom stereocenters. The highest BCUT2D eigenvalue weighted by molar-refractivity contribution is 7.09. The summed E-state index contributed by atoms with van der Waals surface area (Å²) in [5.74, 6) is 1.68. The first-order valence-electron chi connectivity index (χ1n) is 6.57. The number of nitrogens with zero attached hydrogens (tertiary/aromatic N) is 3. The maximum atomic E-state index is 6.28. The minimum atomic E-state index is -0.115. The molecule has 2 aromatic heterocycles. The van der Waals surface area contributed by atoms with Gasteiger partial charge in [-0.3, -0.25) is 0 Å². The zero-order valence-electron chi connectivity index (χ0n) is 12.6. The van der Waals surface area contributed by atoms with Gasteiger partial charge in [0.15, 0.2) is 0 Å². The fourth-order valence-corrected chi connectivity index (χ4v) is 2.82. The highest BCUT2D eigenvalue weighted by Gasteiger charge is 2.22. The van der Waals surface area contributed by atoms with Crippen LogP contribution in [0.25, 0.3) is 0 Å². The predicted molar refractivity (Wildman–Crippen MR) is 86.9 cm³/mol. The average Bonchev–Trinajstić information content (AvgIpc) is 2.83. The van der Waals surface area contributed by atoms with E-state index in [2.05, 4.69) is 48.2 Å². The summed E-state index contributed by atoms with van der Waals surface area (Å²) in [7, 11) is 2.04. The fourth-order valence-electron chi connectivity index (χ4n) is 1.90. The molecular formula is C15H20ClN3S. The normalized spacial score (nSPS) is 11.7. The fraction of sp³-hybridized carbons (Fsp3) is 0.467. The van der Waals surface area contributed by atoms with E-state index in [0.29, 0.717) is 5.15 Å². The van der Waals surface area contributed by atoms with Crippen molar-refractivity contribution < 1.29 is 0 Å². The van der Waals surface area contributed by atoms with Gasteiger partial charge < -0.3 is 4.90 Å². The highest BCUT2D eigenvalue weighted by atomic mass is 35.5. The molecule has 108 valence electrons. The zero-order valence-corrected chi connectivity index (χ0v) is 14.1. The molecule has 0 aliphatic carbocycles. The van der Waals surface area contributed by atoms with Crippen LogP contribution >= 0.6 is 22.9 Å². The summed E-state index contributed by atoms with van der Waals surface area (Å²) in [5.41, 5.74) is 0.814. The van der Waals surface area contributed by atoms with Gasteiger partial charge in [-0.25, -0.2) is 9.97 Å². The van der Waals surface area contributed by atoms with Crippen molar-refractivity contribution in [1.82, 2.24) is 9.97 Å². The van der Waals surface area contributed by atoms with Crippen LogP contribution in [-0.4, -0.2) is 17.0 Å². The Hall–Kier alpha value is -1.13. The molecule has 0 aromatic carbocycles. The van der Waals surface area contributed by atoms with Gasteiger partial charge in [-0.2, -0.15) is 0 Å². The third-order valence-electron chi connectivity index (χ3n) is 3.07. The average molecular weight is 310 g/mol. The molecule has 2 heterocycles. The van der Waals surface area contributed by atoms with Gasteiger partial charge in [-0.1, -0.05) is 38.4 Å². The third kappa shape index (κ3) is 3.30. The molecule has 5 heteroatoms. The molecule has 3 nitrogen and oxygen atoms in total. The molecule has 0 aliphatic heterocycles. The number of hydrogen-bond acceptors (Lipinski definition) is 4. The third-order valence-corrected chi connectivity index (χ3v) is 4.30. The molecule has 0 atom stereocenters. The largest absolute Gasteiger partial charge is 0.354 e. The van der Waals surface area contributed by atoms with Crippen molar-refractivity contribution in [2.45, 2.75) is 39.7 Å².